The minimum atomic E-state index is -4.95. The van der Waals surface area contributed by atoms with E-state index in [4.69, 9.17) is 5.73 Å². The lowest BCUT2D eigenvalue weighted by molar-refractivity contribution is -0.149. The Bertz CT molecular complexity index is 412. The number of halogens is 8. The van der Waals surface area contributed by atoms with Crippen molar-refractivity contribution in [2.75, 3.05) is 0 Å². The fourth-order valence-corrected chi connectivity index (χ4v) is 1.14. The summed E-state index contributed by atoms with van der Waals surface area (Å²) in [5.74, 6) is -1.78. The summed E-state index contributed by atoms with van der Waals surface area (Å²) < 4.78 is 85.7. The Morgan fingerprint density at radius 1 is 1.00 bits per heavy atom. The standard InChI is InChI=1S/C9H6F7N.ClH/c10-6-3-4(7(17)9(14,15)16)1-2-5(6)8(11,12)13;/h1-3,7H,17H2;1H/t7-;/m0./s1. The largest absolute Gasteiger partial charge is 0.419 e. The lowest BCUT2D eigenvalue weighted by Gasteiger charge is -2.17. The second-order valence-electron chi connectivity index (χ2n) is 3.26. The average molecular weight is 298 g/mol. The third-order valence-electron chi connectivity index (χ3n) is 2.01. The molecule has 0 aliphatic rings. The van der Waals surface area contributed by atoms with Gasteiger partial charge in [-0.1, -0.05) is 6.07 Å². The van der Waals surface area contributed by atoms with E-state index in [2.05, 4.69) is 0 Å². The normalized spacial score (nSPS) is 14.0. The molecule has 9 heteroatoms. The molecular weight excluding hydrogens is 291 g/mol. The zero-order chi connectivity index (χ0) is 13.4. The molecule has 0 heterocycles. The highest BCUT2D eigenvalue weighted by Crippen LogP contribution is 2.35. The summed E-state index contributed by atoms with van der Waals surface area (Å²) in [4.78, 5) is 0. The van der Waals surface area contributed by atoms with Crippen LogP contribution in [0.4, 0.5) is 30.7 Å². The molecule has 0 saturated heterocycles. The first-order chi connectivity index (χ1) is 7.53. The third-order valence-corrected chi connectivity index (χ3v) is 2.01. The van der Waals surface area contributed by atoms with Crippen molar-refractivity contribution in [2.45, 2.75) is 18.4 Å². The quantitative estimate of drug-likeness (QED) is 0.783. The maximum Gasteiger partial charge on any atom is 0.419 e. The second-order valence-corrected chi connectivity index (χ2v) is 3.26. The summed E-state index contributed by atoms with van der Waals surface area (Å²) in [6.07, 6.45) is -9.79. The zero-order valence-electron chi connectivity index (χ0n) is 8.44. The molecule has 1 aromatic rings. The molecule has 0 aliphatic heterocycles. The fraction of sp³-hybridized carbons (Fsp3) is 0.333. The molecule has 18 heavy (non-hydrogen) atoms. The first-order valence-corrected chi connectivity index (χ1v) is 4.22. The van der Waals surface area contributed by atoms with Crippen molar-refractivity contribution in [1.82, 2.24) is 0 Å². The monoisotopic (exact) mass is 297 g/mol. The van der Waals surface area contributed by atoms with Crippen LogP contribution in [0.15, 0.2) is 18.2 Å². The molecule has 104 valence electrons. The van der Waals surface area contributed by atoms with E-state index in [1.807, 2.05) is 0 Å². The van der Waals surface area contributed by atoms with Crippen LogP contribution in [0.2, 0.25) is 0 Å². The van der Waals surface area contributed by atoms with Crippen molar-refractivity contribution in [1.29, 1.82) is 0 Å². The molecule has 0 aromatic heterocycles. The maximum atomic E-state index is 13.0. The van der Waals surface area contributed by atoms with Crippen LogP contribution in [0, 0.1) is 5.82 Å². The van der Waals surface area contributed by atoms with Gasteiger partial charge in [-0.15, -0.1) is 12.4 Å². The summed E-state index contributed by atoms with van der Waals surface area (Å²) in [7, 11) is 0. The molecule has 0 spiro atoms. The molecular formula is C9H7ClF7N. The number of alkyl halides is 6. The molecule has 1 rings (SSSR count). The van der Waals surface area contributed by atoms with Gasteiger partial charge in [0.2, 0.25) is 0 Å². The first kappa shape index (κ1) is 17.0. The molecule has 0 amide bonds. The Morgan fingerprint density at radius 2 is 1.50 bits per heavy atom. The van der Waals surface area contributed by atoms with Gasteiger partial charge in [-0.25, -0.2) is 4.39 Å². The van der Waals surface area contributed by atoms with E-state index in [9.17, 15) is 30.7 Å². The minimum Gasteiger partial charge on any atom is -0.316 e. The second kappa shape index (κ2) is 5.31. The minimum absolute atomic E-state index is 0. The summed E-state index contributed by atoms with van der Waals surface area (Å²) in [6, 6.07) is -1.64. The smallest absolute Gasteiger partial charge is 0.316 e. The van der Waals surface area contributed by atoms with Gasteiger partial charge in [-0.2, -0.15) is 26.3 Å². The van der Waals surface area contributed by atoms with E-state index < -0.39 is 35.3 Å². The van der Waals surface area contributed by atoms with Gasteiger partial charge in [-0.3, -0.25) is 0 Å². The van der Waals surface area contributed by atoms with E-state index in [1.54, 1.807) is 0 Å². The van der Waals surface area contributed by atoms with Crippen LogP contribution in [0.3, 0.4) is 0 Å². The zero-order valence-corrected chi connectivity index (χ0v) is 9.26. The van der Waals surface area contributed by atoms with Gasteiger partial charge in [0.05, 0.1) is 5.56 Å². The number of hydrogen-bond acceptors (Lipinski definition) is 1. The highest BCUT2D eigenvalue weighted by atomic mass is 35.5. The van der Waals surface area contributed by atoms with Gasteiger partial charge in [0.25, 0.3) is 0 Å². The van der Waals surface area contributed by atoms with Crippen molar-refractivity contribution < 1.29 is 30.7 Å². The van der Waals surface area contributed by atoms with Crippen LogP contribution in [0.5, 0.6) is 0 Å². The Morgan fingerprint density at radius 3 is 1.83 bits per heavy atom. The van der Waals surface area contributed by atoms with Crippen LogP contribution < -0.4 is 5.73 Å². The molecule has 1 aromatic carbocycles. The highest BCUT2D eigenvalue weighted by molar-refractivity contribution is 5.85. The fourth-order valence-electron chi connectivity index (χ4n) is 1.14. The van der Waals surface area contributed by atoms with Gasteiger partial charge in [-0.05, 0) is 17.7 Å². The topological polar surface area (TPSA) is 26.0 Å². The molecule has 0 unspecified atom stereocenters. The van der Waals surface area contributed by atoms with Crippen molar-refractivity contribution in [3.05, 3.63) is 35.1 Å². The average Bonchev–Trinajstić information content (AvgIpc) is 2.12. The van der Waals surface area contributed by atoms with Gasteiger partial charge in [0.15, 0.2) is 0 Å². The molecule has 0 aliphatic carbocycles. The van der Waals surface area contributed by atoms with E-state index in [1.165, 1.54) is 0 Å². The predicted octanol–water partition coefficient (Wildman–Crippen LogP) is 3.83. The third kappa shape index (κ3) is 3.74. The lowest BCUT2D eigenvalue weighted by atomic mass is 10.0. The van der Waals surface area contributed by atoms with Crippen molar-refractivity contribution in [3.63, 3.8) is 0 Å². The van der Waals surface area contributed by atoms with Gasteiger partial charge < -0.3 is 5.73 Å². The molecule has 1 atom stereocenters. The summed E-state index contributed by atoms with van der Waals surface area (Å²) in [5.41, 5.74) is 2.34. The van der Waals surface area contributed by atoms with Crippen LogP contribution in [-0.4, -0.2) is 6.18 Å². The SMILES string of the molecule is Cl.N[C@@H](c1ccc(C(F)(F)F)c(F)c1)C(F)(F)F. The van der Waals surface area contributed by atoms with E-state index in [0.29, 0.717) is 6.07 Å². The van der Waals surface area contributed by atoms with Crippen LogP contribution >= 0.6 is 12.4 Å². The Kier molecular flexibility index (Phi) is 5.01. The van der Waals surface area contributed by atoms with E-state index >= 15 is 0 Å². The molecule has 2 N–H and O–H groups in total. The van der Waals surface area contributed by atoms with Gasteiger partial charge in [0.1, 0.15) is 11.9 Å². The van der Waals surface area contributed by atoms with Crippen LogP contribution in [-0.2, 0) is 6.18 Å². The lowest BCUT2D eigenvalue weighted by Crippen LogP contribution is -2.28. The Labute approximate surface area is 103 Å². The summed E-state index contributed by atoms with van der Waals surface area (Å²) in [5, 5.41) is 0. The van der Waals surface area contributed by atoms with Crippen LogP contribution in [0.25, 0.3) is 0 Å². The molecule has 0 saturated carbocycles. The van der Waals surface area contributed by atoms with Gasteiger partial charge >= 0.3 is 12.4 Å². The maximum absolute atomic E-state index is 13.0. The summed E-state index contributed by atoms with van der Waals surface area (Å²) >= 11 is 0. The van der Waals surface area contributed by atoms with Gasteiger partial charge in [0, 0.05) is 0 Å². The number of rotatable bonds is 1. The van der Waals surface area contributed by atoms with Crippen LogP contribution in [0.1, 0.15) is 17.2 Å². The number of benzene rings is 1. The highest BCUT2D eigenvalue weighted by Gasteiger charge is 2.39. The van der Waals surface area contributed by atoms with Crippen molar-refractivity contribution >= 4 is 12.4 Å². The van der Waals surface area contributed by atoms with E-state index in [-0.39, 0.29) is 24.5 Å². The molecule has 0 bridgehead atoms. The van der Waals surface area contributed by atoms with Crippen molar-refractivity contribution in [3.8, 4) is 0 Å². The van der Waals surface area contributed by atoms with E-state index in [0.717, 1.165) is 0 Å². The molecule has 1 nitrogen and oxygen atoms in total. The van der Waals surface area contributed by atoms with Crippen molar-refractivity contribution in [2.24, 2.45) is 5.73 Å². The molecule has 0 radical (unpaired) electrons. The number of nitrogens with two attached hydrogens (primary N) is 1. The summed E-state index contributed by atoms with van der Waals surface area (Å²) in [6.45, 7) is 0. The Hall–Kier alpha value is -1.02. The Balaban J connectivity index is 0.00000289. The first-order valence-electron chi connectivity index (χ1n) is 4.22. The molecule has 0 fully saturated rings. The number of hydrogen-bond donors (Lipinski definition) is 1. The predicted molar refractivity (Wildman–Crippen MR) is 51.6 cm³/mol.